The summed E-state index contributed by atoms with van der Waals surface area (Å²) < 4.78 is 145. The number of carbonyl (C=O) groups excluding carboxylic acids is 1. The van der Waals surface area contributed by atoms with Crippen molar-refractivity contribution in [1.82, 2.24) is 10.2 Å². The molecule has 2 atom stereocenters. The molecule has 250 valence electrons. The number of alkyl halides is 6. The van der Waals surface area contributed by atoms with Crippen molar-refractivity contribution in [2.24, 2.45) is 0 Å². The third kappa shape index (κ3) is 6.81. The van der Waals surface area contributed by atoms with E-state index in [9.17, 15) is 48.9 Å². The Kier molecular flexibility index (Phi) is 9.74. The number of nitrogens with zero attached hydrogens (tertiary/aromatic N) is 1. The maximum absolute atomic E-state index is 14.4. The molecule has 1 N–H and O–H groups in total. The predicted octanol–water partition coefficient (Wildman–Crippen LogP) is 7.86. The van der Waals surface area contributed by atoms with E-state index >= 15 is 0 Å². The first-order valence-corrected chi connectivity index (χ1v) is 14.9. The second kappa shape index (κ2) is 12.6. The normalized spacial score (nSPS) is 18.5. The maximum atomic E-state index is 14.4. The van der Waals surface area contributed by atoms with Gasteiger partial charge in [-0.1, -0.05) is 30.3 Å². The Bertz CT molecular complexity index is 1510. The Morgan fingerprint density at radius 2 is 1.43 bits per heavy atom. The molecule has 1 saturated heterocycles. The summed E-state index contributed by atoms with van der Waals surface area (Å²) in [4.78, 5) is 14.4. The van der Waals surface area contributed by atoms with E-state index in [0.717, 1.165) is 30.3 Å². The lowest BCUT2D eigenvalue weighted by molar-refractivity contribution is -0.392. The summed E-state index contributed by atoms with van der Waals surface area (Å²) >= 11 is -2.08. The van der Waals surface area contributed by atoms with Crippen molar-refractivity contribution in [2.45, 2.75) is 66.9 Å². The average Bonchev–Trinajstić information content (AvgIpc) is 3.40. The molecule has 0 spiro atoms. The van der Waals surface area contributed by atoms with Gasteiger partial charge in [-0.05, 0) is 68.3 Å². The highest BCUT2D eigenvalue weighted by Crippen LogP contribution is 2.54. The summed E-state index contributed by atoms with van der Waals surface area (Å²) in [5.41, 5.74) is -8.22. The molecular weight excluding hydrogens is 651 g/mol. The van der Waals surface area contributed by atoms with Gasteiger partial charge in [0.2, 0.25) is 0 Å². The predicted molar refractivity (Wildman–Crippen MR) is 150 cm³/mol. The Labute approximate surface area is 261 Å². The van der Waals surface area contributed by atoms with Gasteiger partial charge in [0.15, 0.2) is 9.64 Å². The van der Waals surface area contributed by atoms with Crippen LogP contribution < -0.4 is 5.32 Å². The molecule has 4 rings (SSSR count). The van der Waals surface area contributed by atoms with Crippen LogP contribution in [0.5, 0.6) is 0 Å². The molecule has 2 amide bonds. The molecule has 3 aromatic rings. The first kappa shape index (κ1) is 35.4. The third-order valence-corrected chi connectivity index (χ3v) is 9.47. The minimum Gasteiger partial charge on any atom is -0.611 e. The van der Waals surface area contributed by atoms with Gasteiger partial charge in [-0.3, -0.25) is 0 Å². The van der Waals surface area contributed by atoms with Crippen molar-refractivity contribution in [1.29, 1.82) is 0 Å². The van der Waals surface area contributed by atoms with Crippen LogP contribution in [0, 0.1) is 17.5 Å². The number of likely N-dealkylation sites (tertiary alicyclic amines) is 1. The lowest BCUT2D eigenvalue weighted by Gasteiger charge is -2.38. The van der Waals surface area contributed by atoms with E-state index in [1.54, 1.807) is 20.8 Å². The van der Waals surface area contributed by atoms with Crippen LogP contribution in [-0.2, 0) is 32.9 Å². The Morgan fingerprint density at radius 1 is 0.891 bits per heavy atom. The van der Waals surface area contributed by atoms with Crippen molar-refractivity contribution in [3.8, 4) is 0 Å². The van der Waals surface area contributed by atoms with Crippen molar-refractivity contribution >= 4 is 17.2 Å². The van der Waals surface area contributed by atoms with Crippen molar-refractivity contribution < 1.29 is 53.6 Å². The minimum atomic E-state index is -6.15. The van der Waals surface area contributed by atoms with E-state index in [1.807, 2.05) is 0 Å². The highest BCUT2D eigenvalue weighted by atomic mass is 32.2. The zero-order chi connectivity index (χ0) is 34.3. The average molecular weight is 681 g/mol. The fraction of sp³-hybridized carbons (Fsp3) is 0.387. The van der Waals surface area contributed by atoms with Crippen LogP contribution in [-0.4, -0.2) is 46.5 Å². The summed E-state index contributed by atoms with van der Waals surface area (Å²) in [6.07, 6.45) is -12.3. The smallest absolute Gasteiger partial charge is 0.430 e. The lowest BCUT2D eigenvalue weighted by Crippen LogP contribution is -2.56. The van der Waals surface area contributed by atoms with Crippen molar-refractivity contribution in [3.05, 3.63) is 101 Å². The standard InChI is InChI=1S/C31H29F9N2O3S/c1-27(2,3)41-26(43)42-16-15-28(18-42,46(44)22-13-11-21(32)12-14-22)19-7-9-20(10-8-19)29(30(35,36)37,31(38,39)40)45-17-23-24(33)5-4-6-25(23)34/h4-14H,15-18H2,1-3H3,(H,41,43). The molecule has 1 aliphatic rings. The summed E-state index contributed by atoms with van der Waals surface area (Å²) in [5.74, 6) is -3.44. The maximum Gasteiger partial charge on any atom is 0.430 e. The number of hydrogen-bond acceptors (Lipinski definition) is 3. The lowest BCUT2D eigenvalue weighted by atomic mass is 9.88. The van der Waals surface area contributed by atoms with E-state index in [0.29, 0.717) is 24.3 Å². The van der Waals surface area contributed by atoms with Gasteiger partial charge in [0.05, 0.1) is 13.2 Å². The number of rotatable bonds is 7. The number of halogens is 9. The van der Waals surface area contributed by atoms with E-state index in [2.05, 4.69) is 10.1 Å². The Morgan fingerprint density at radius 3 is 1.93 bits per heavy atom. The van der Waals surface area contributed by atoms with Crippen LogP contribution in [0.2, 0.25) is 0 Å². The minimum absolute atomic E-state index is 0.0133. The molecule has 0 radical (unpaired) electrons. The van der Waals surface area contributed by atoms with E-state index < -0.39 is 80.6 Å². The highest BCUT2D eigenvalue weighted by molar-refractivity contribution is 7.92. The first-order valence-electron chi connectivity index (χ1n) is 13.8. The monoisotopic (exact) mass is 680 g/mol. The Balaban J connectivity index is 1.80. The second-order valence-corrected chi connectivity index (χ2v) is 13.6. The summed E-state index contributed by atoms with van der Waals surface area (Å²) in [5, 5.41) is 2.75. The SMILES string of the molecule is CC(C)(C)NC(=O)N1CCC(c2ccc(C(OCc3c(F)cccc3F)(C(F)(F)F)C(F)(F)F)cc2)([S+]([O-])c2ccc(F)cc2)C1. The van der Waals surface area contributed by atoms with Gasteiger partial charge < -0.3 is 19.5 Å². The summed E-state index contributed by atoms with van der Waals surface area (Å²) in [7, 11) is 0. The molecule has 15 heteroatoms. The van der Waals surface area contributed by atoms with Crippen LogP contribution >= 0.6 is 0 Å². The zero-order valence-corrected chi connectivity index (χ0v) is 25.5. The fourth-order valence-electron chi connectivity index (χ4n) is 5.23. The van der Waals surface area contributed by atoms with Crippen molar-refractivity contribution in [3.63, 3.8) is 0 Å². The molecule has 5 nitrogen and oxygen atoms in total. The number of benzene rings is 3. The summed E-state index contributed by atoms with van der Waals surface area (Å²) in [6, 6.07) is 9.04. The van der Waals surface area contributed by atoms with Gasteiger partial charge in [-0.25, -0.2) is 18.0 Å². The molecule has 3 aromatic carbocycles. The molecule has 2 unspecified atom stereocenters. The molecule has 0 bridgehead atoms. The topological polar surface area (TPSA) is 64.6 Å². The third-order valence-electron chi connectivity index (χ3n) is 7.49. The molecule has 1 heterocycles. The molecule has 1 fully saturated rings. The van der Waals surface area contributed by atoms with Crippen LogP contribution in [0.4, 0.5) is 44.3 Å². The van der Waals surface area contributed by atoms with Crippen LogP contribution in [0.1, 0.15) is 43.9 Å². The quantitative estimate of drug-likeness (QED) is 0.204. The van der Waals surface area contributed by atoms with E-state index in [1.165, 1.54) is 17.0 Å². The number of carbonyl (C=O) groups is 1. The van der Waals surface area contributed by atoms with E-state index in [-0.39, 0.29) is 30.0 Å². The van der Waals surface area contributed by atoms with Gasteiger partial charge in [-0.15, -0.1) is 0 Å². The number of urea groups is 1. The largest absolute Gasteiger partial charge is 0.611 e. The number of nitrogens with one attached hydrogen (secondary N) is 1. The number of amides is 2. The van der Waals surface area contributed by atoms with Gasteiger partial charge in [0, 0.05) is 35.2 Å². The van der Waals surface area contributed by atoms with Gasteiger partial charge in [0.25, 0.3) is 5.60 Å². The highest BCUT2D eigenvalue weighted by Gasteiger charge is 2.73. The molecule has 0 saturated carbocycles. The molecule has 46 heavy (non-hydrogen) atoms. The second-order valence-electron chi connectivity index (χ2n) is 11.8. The van der Waals surface area contributed by atoms with Crippen molar-refractivity contribution in [2.75, 3.05) is 13.1 Å². The molecule has 1 aliphatic heterocycles. The van der Waals surface area contributed by atoms with Gasteiger partial charge >= 0.3 is 18.4 Å². The number of ether oxygens (including phenoxy) is 1. The summed E-state index contributed by atoms with van der Waals surface area (Å²) in [6.45, 7) is 3.24. The van der Waals surface area contributed by atoms with Crippen LogP contribution in [0.15, 0.2) is 71.6 Å². The fourth-order valence-corrected chi connectivity index (χ4v) is 6.96. The Hall–Kier alpha value is -3.43. The first-order chi connectivity index (χ1) is 21.2. The molecular formula is C31H29F9N2O3S. The molecule has 0 aliphatic carbocycles. The van der Waals surface area contributed by atoms with E-state index in [4.69, 9.17) is 0 Å². The van der Waals surface area contributed by atoms with Crippen LogP contribution in [0.3, 0.4) is 0 Å². The van der Waals surface area contributed by atoms with Gasteiger partial charge in [-0.2, -0.15) is 26.3 Å². The van der Waals surface area contributed by atoms with Gasteiger partial charge in [0.1, 0.15) is 17.5 Å². The zero-order valence-electron chi connectivity index (χ0n) is 24.7. The van der Waals surface area contributed by atoms with Crippen LogP contribution in [0.25, 0.3) is 0 Å². The molecule has 0 aromatic heterocycles. The number of hydrogen-bond donors (Lipinski definition) is 1.